The number of carbonyl (C=O) groups excluding carboxylic acids is 1. The van der Waals surface area contributed by atoms with Crippen molar-refractivity contribution < 1.29 is 23.5 Å². The number of anilines is 1. The zero-order valence-corrected chi connectivity index (χ0v) is 16.9. The number of ether oxygens (including phenoxy) is 1. The van der Waals surface area contributed by atoms with Crippen molar-refractivity contribution in [2.45, 2.75) is 6.61 Å². The molecule has 6 heteroatoms. The molecule has 1 amide bonds. The third kappa shape index (κ3) is 4.76. The lowest BCUT2D eigenvalue weighted by Gasteiger charge is -2.10. The average molecular weight is 415 g/mol. The number of hydrogen-bond acceptors (Lipinski definition) is 5. The van der Waals surface area contributed by atoms with E-state index in [-0.39, 0.29) is 12.5 Å². The van der Waals surface area contributed by atoms with Crippen LogP contribution in [-0.4, -0.2) is 18.1 Å². The monoisotopic (exact) mass is 415 g/mol. The molecular formula is C25H21NO5. The highest BCUT2D eigenvalue weighted by atomic mass is 16.5. The van der Waals surface area contributed by atoms with E-state index in [1.807, 2.05) is 48.5 Å². The predicted molar refractivity (Wildman–Crippen MR) is 118 cm³/mol. The second-order valence-corrected chi connectivity index (χ2v) is 6.73. The Morgan fingerprint density at radius 2 is 1.74 bits per heavy atom. The Balaban J connectivity index is 1.49. The van der Waals surface area contributed by atoms with Crippen LogP contribution in [0.2, 0.25) is 0 Å². The molecule has 4 aromatic rings. The largest absolute Gasteiger partial charge is 0.495 e. The predicted octanol–water partition coefficient (Wildman–Crippen LogP) is 5.36. The average Bonchev–Trinajstić information content (AvgIpc) is 3.48. The van der Waals surface area contributed by atoms with E-state index < -0.39 is 0 Å². The van der Waals surface area contributed by atoms with Crippen LogP contribution in [0.5, 0.6) is 5.75 Å². The lowest BCUT2D eigenvalue weighted by atomic mass is 10.1. The van der Waals surface area contributed by atoms with E-state index >= 15 is 0 Å². The van der Waals surface area contributed by atoms with Gasteiger partial charge in [0.2, 0.25) is 5.91 Å². The summed E-state index contributed by atoms with van der Waals surface area (Å²) in [5, 5.41) is 12.0. The molecule has 0 spiro atoms. The van der Waals surface area contributed by atoms with Crippen LogP contribution < -0.4 is 10.1 Å². The zero-order valence-electron chi connectivity index (χ0n) is 16.9. The minimum atomic E-state index is -0.330. The van der Waals surface area contributed by atoms with Crippen molar-refractivity contribution in [3.05, 3.63) is 90.4 Å². The van der Waals surface area contributed by atoms with Crippen LogP contribution in [0.1, 0.15) is 11.5 Å². The number of furan rings is 2. The summed E-state index contributed by atoms with van der Waals surface area (Å²) in [6.45, 7) is -0.177. The van der Waals surface area contributed by atoms with Crippen LogP contribution >= 0.6 is 0 Å². The number of nitrogens with one attached hydrogen (secondary N) is 1. The normalized spacial score (nSPS) is 11.0. The number of rotatable bonds is 7. The number of aliphatic hydroxyl groups excluding tert-OH is 1. The molecular weight excluding hydrogens is 394 g/mol. The van der Waals surface area contributed by atoms with E-state index in [0.717, 1.165) is 16.9 Å². The van der Waals surface area contributed by atoms with Crippen LogP contribution in [0.15, 0.2) is 87.7 Å². The molecule has 156 valence electrons. The van der Waals surface area contributed by atoms with E-state index in [2.05, 4.69) is 5.32 Å². The fourth-order valence-corrected chi connectivity index (χ4v) is 3.11. The van der Waals surface area contributed by atoms with Gasteiger partial charge in [-0.1, -0.05) is 30.3 Å². The Morgan fingerprint density at radius 1 is 0.968 bits per heavy atom. The first-order chi connectivity index (χ1) is 15.2. The maximum Gasteiger partial charge on any atom is 0.248 e. The number of benzene rings is 2. The lowest BCUT2D eigenvalue weighted by Crippen LogP contribution is -2.09. The van der Waals surface area contributed by atoms with Gasteiger partial charge in [0.05, 0.1) is 12.8 Å². The zero-order chi connectivity index (χ0) is 21.6. The van der Waals surface area contributed by atoms with E-state index in [1.165, 1.54) is 13.2 Å². The molecule has 0 saturated carbocycles. The van der Waals surface area contributed by atoms with Crippen molar-refractivity contribution in [1.82, 2.24) is 0 Å². The second-order valence-electron chi connectivity index (χ2n) is 6.73. The minimum absolute atomic E-state index is 0.177. The Bertz CT molecular complexity index is 1200. The maximum absolute atomic E-state index is 12.5. The fourth-order valence-electron chi connectivity index (χ4n) is 3.11. The number of carbonyl (C=O) groups is 1. The highest BCUT2D eigenvalue weighted by Gasteiger charge is 2.11. The van der Waals surface area contributed by atoms with Crippen LogP contribution in [0.3, 0.4) is 0 Å². The summed E-state index contributed by atoms with van der Waals surface area (Å²) in [6.07, 6.45) is 3.01. The molecule has 2 N–H and O–H groups in total. The van der Waals surface area contributed by atoms with Crippen molar-refractivity contribution in [3.63, 3.8) is 0 Å². The number of amides is 1. The third-order valence-electron chi connectivity index (χ3n) is 4.64. The summed E-state index contributed by atoms with van der Waals surface area (Å²) in [4.78, 5) is 12.5. The van der Waals surface area contributed by atoms with Gasteiger partial charge in [-0.15, -0.1) is 0 Å². The van der Waals surface area contributed by atoms with Gasteiger partial charge in [-0.3, -0.25) is 4.79 Å². The summed E-state index contributed by atoms with van der Waals surface area (Å²) in [5.74, 6) is 2.54. The second kappa shape index (κ2) is 9.19. The third-order valence-corrected chi connectivity index (χ3v) is 4.64. The van der Waals surface area contributed by atoms with Gasteiger partial charge < -0.3 is 24.0 Å². The Hall–Kier alpha value is -4.03. The molecule has 0 atom stereocenters. The number of hydrogen-bond donors (Lipinski definition) is 2. The first kappa shape index (κ1) is 20.3. The molecule has 31 heavy (non-hydrogen) atoms. The summed E-state index contributed by atoms with van der Waals surface area (Å²) in [6, 6.07) is 22.2. The van der Waals surface area contributed by atoms with Crippen molar-refractivity contribution in [3.8, 4) is 28.4 Å². The Morgan fingerprint density at radius 3 is 2.48 bits per heavy atom. The van der Waals surface area contributed by atoms with Gasteiger partial charge in [-0.2, -0.15) is 0 Å². The van der Waals surface area contributed by atoms with E-state index in [0.29, 0.717) is 28.7 Å². The molecule has 0 unspecified atom stereocenters. The highest BCUT2D eigenvalue weighted by Crippen LogP contribution is 2.31. The van der Waals surface area contributed by atoms with E-state index in [1.54, 1.807) is 30.3 Å². The highest BCUT2D eigenvalue weighted by molar-refractivity contribution is 6.03. The molecule has 0 bridgehead atoms. The van der Waals surface area contributed by atoms with E-state index in [9.17, 15) is 9.90 Å². The molecule has 0 aliphatic heterocycles. The molecule has 4 rings (SSSR count). The molecule has 0 aliphatic carbocycles. The first-order valence-electron chi connectivity index (χ1n) is 9.68. The molecule has 0 radical (unpaired) electrons. The molecule has 2 heterocycles. The molecule has 6 nitrogen and oxygen atoms in total. The smallest absolute Gasteiger partial charge is 0.248 e. The van der Waals surface area contributed by atoms with Crippen LogP contribution in [0.4, 0.5) is 5.69 Å². The summed E-state index contributed by atoms with van der Waals surface area (Å²) < 4.78 is 16.7. The van der Waals surface area contributed by atoms with Crippen LogP contribution in [-0.2, 0) is 11.4 Å². The topological polar surface area (TPSA) is 84.8 Å². The molecule has 0 saturated heterocycles. The SMILES string of the molecule is COc1ccc(-c2ccc(CO)o2)cc1NC(=O)/C=C/c1ccc(-c2ccccc2)o1. The van der Waals surface area contributed by atoms with Crippen LogP contribution in [0, 0.1) is 0 Å². The quantitative estimate of drug-likeness (QED) is 0.397. The lowest BCUT2D eigenvalue weighted by molar-refractivity contribution is -0.111. The van der Waals surface area contributed by atoms with Gasteiger partial charge in [0.25, 0.3) is 0 Å². The minimum Gasteiger partial charge on any atom is -0.495 e. The van der Waals surface area contributed by atoms with Gasteiger partial charge >= 0.3 is 0 Å². The first-order valence-corrected chi connectivity index (χ1v) is 9.68. The van der Waals surface area contributed by atoms with Crippen molar-refractivity contribution in [2.24, 2.45) is 0 Å². The summed E-state index contributed by atoms with van der Waals surface area (Å²) in [7, 11) is 1.53. The Kier molecular flexibility index (Phi) is 6.01. The number of aliphatic hydroxyl groups is 1. The maximum atomic E-state index is 12.5. The summed E-state index contributed by atoms with van der Waals surface area (Å²) in [5.41, 5.74) is 2.22. The molecule has 2 aromatic heterocycles. The van der Waals surface area contributed by atoms with Crippen molar-refractivity contribution in [2.75, 3.05) is 12.4 Å². The van der Waals surface area contributed by atoms with Gasteiger partial charge in [-0.25, -0.2) is 0 Å². The molecule has 2 aromatic carbocycles. The molecule has 0 fully saturated rings. The fraction of sp³-hybridized carbons (Fsp3) is 0.0800. The van der Waals surface area contributed by atoms with Gasteiger partial charge in [0, 0.05) is 17.2 Å². The standard InChI is InChI=1S/C25H21NO5/c1-29-24-11-7-18(23-13-9-20(16-27)31-23)15-21(24)26-25(28)14-10-19-8-12-22(30-19)17-5-3-2-4-6-17/h2-15,27H,16H2,1H3,(H,26,28)/b14-10+. The molecule has 0 aliphatic rings. The van der Waals surface area contributed by atoms with Gasteiger partial charge in [0.15, 0.2) is 0 Å². The van der Waals surface area contributed by atoms with E-state index in [4.69, 9.17) is 13.6 Å². The summed E-state index contributed by atoms with van der Waals surface area (Å²) >= 11 is 0. The Labute approximate surface area is 179 Å². The van der Waals surface area contributed by atoms with Crippen molar-refractivity contribution >= 4 is 17.7 Å². The van der Waals surface area contributed by atoms with Gasteiger partial charge in [0.1, 0.15) is 35.4 Å². The van der Waals surface area contributed by atoms with Crippen molar-refractivity contribution in [1.29, 1.82) is 0 Å². The van der Waals surface area contributed by atoms with Crippen LogP contribution in [0.25, 0.3) is 28.7 Å². The van der Waals surface area contributed by atoms with Gasteiger partial charge in [-0.05, 0) is 48.5 Å². The number of methoxy groups -OCH3 is 1.